The lowest BCUT2D eigenvalue weighted by atomic mass is 9.47. The van der Waals surface area contributed by atoms with Crippen molar-refractivity contribution in [2.75, 3.05) is 6.61 Å². The van der Waals surface area contributed by atoms with Gasteiger partial charge < -0.3 is 19.0 Å². The zero-order chi connectivity index (χ0) is 34.1. The van der Waals surface area contributed by atoms with E-state index in [2.05, 4.69) is 33.8 Å². The highest BCUT2D eigenvalue weighted by Crippen LogP contribution is 2.67. The number of benzene rings is 1. The van der Waals surface area contributed by atoms with Gasteiger partial charge >= 0.3 is 5.97 Å². The highest BCUT2D eigenvalue weighted by molar-refractivity contribution is 5.93. The van der Waals surface area contributed by atoms with E-state index in [-0.39, 0.29) is 44.9 Å². The van der Waals surface area contributed by atoms with E-state index in [0.29, 0.717) is 72.2 Å². The summed E-state index contributed by atoms with van der Waals surface area (Å²) in [6, 6.07) is 3.12. The van der Waals surface area contributed by atoms with Crippen molar-refractivity contribution in [2.45, 2.75) is 105 Å². The number of aromatic hydroxyl groups is 1. The van der Waals surface area contributed by atoms with E-state index in [1.165, 1.54) is 24.1 Å². The highest BCUT2D eigenvalue weighted by atomic mass is 16.6. The molecule has 7 unspecified atom stereocenters. The van der Waals surface area contributed by atoms with Crippen LogP contribution in [-0.2, 0) is 25.5 Å². The molecule has 0 saturated heterocycles. The Balaban J connectivity index is 0.000000177. The average Bonchev–Trinajstić information content (AvgIpc) is 3.15. The molecule has 1 aromatic heterocycles. The number of carbonyl (C=O) groups excluding carboxylic acids is 3. The number of ketones is 2. The van der Waals surface area contributed by atoms with Gasteiger partial charge in [0.15, 0.2) is 22.6 Å². The van der Waals surface area contributed by atoms with Crippen LogP contribution in [-0.4, -0.2) is 34.9 Å². The Labute approximate surface area is 276 Å². The Kier molecular flexibility index (Phi) is 8.33. The monoisotopic (exact) mass is 644 g/mol. The molecule has 8 heteroatoms. The summed E-state index contributed by atoms with van der Waals surface area (Å²) >= 11 is 0. The van der Waals surface area contributed by atoms with Gasteiger partial charge in [0, 0.05) is 36.5 Å². The molecule has 252 valence electrons. The summed E-state index contributed by atoms with van der Waals surface area (Å²) < 4.78 is 17.0. The topological polar surface area (TPSA) is 120 Å². The third kappa shape index (κ3) is 5.26. The van der Waals surface area contributed by atoms with Crippen molar-refractivity contribution in [1.29, 1.82) is 0 Å². The fraction of sp³-hybridized carbons (Fsp3) is 0.590. The first kappa shape index (κ1) is 33.2. The van der Waals surface area contributed by atoms with E-state index in [0.717, 1.165) is 32.1 Å². The minimum absolute atomic E-state index is 0.00958. The summed E-state index contributed by atoms with van der Waals surface area (Å²) in [5.74, 6) is 2.62. The molecule has 1 aliphatic heterocycles. The summed E-state index contributed by atoms with van der Waals surface area (Å²) in [6.07, 6.45) is 10.8. The van der Waals surface area contributed by atoms with Gasteiger partial charge in [0.1, 0.15) is 28.2 Å². The summed E-state index contributed by atoms with van der Waals surface area (Å²) in [5, 5.41) is 10.6. The number of carbonyl (C=O) groups is 3. The number of ether oxygens (including phenoxy) is 2. The Bertz CT molecular complexity index is 1780. The van der Waals surface area contributed by atoms with Crippen LogP contribution in [0.3, 0.4) is 0 Å². The van der Waals surface area contributed by atoms with Crippen LogP contribution in [0.2, 0.25) is 0 Å². The molecule has 2 fully saturated rings. The van der Waals surface area contributed by atoms with Gasteiger partial charge in [-0.15, -0.1) is 0 Å². The lowest BCUT2D eigenvalue weighted by Crippen LogP contribution is -2.58. The predicted octanol–water partition coefficient (Wildman–Crippen LogP) is 7.34. The fourth-order valence-corrected chi connectivity index (χ4v) is 9.99. The van der Waals surface area contributed by atoms with Gasteiger partial charge in [0.2, 0.25) is 0 Å². The van der Waals surface area contributed by atoms with Crippen molar-refractivity contribution in [3.63, 3.8) is 0 Å². The fourth-order valence-electron chi connectivity index (χ4n) is 9.99. The van der Waals surface area contributed by atoms with Crippen LogP contribution in [0.15, 0.2) is 44.6 Å². The largest absolute Gasteiger partial charge is 0.507 e. The maximum Gasteiger partial charge on any atom is 0.303 e. The number of phenolic OH excluding ortho intramolecular Hbond substituents is 1. The Morgan fingerprint density at radius 3 is 2.40 bits per heavy atom. The number of rotatable bonds is 2. The first-order chi connectivity index (χ1) is 22.1. The van der Waals surface area contributed by atoms with Gasteiger partial charge in [-0.2, -0.15) is 0 Å². The highest BCUT2D eigenvalue weighted by Gasteiger charge is 2.67. The quantitative estimate of drug-likeness (QED) is 0.337. The molecular weight excluding hydrogens is 596 g/mol. The van der Waals surface area contributed by atoms with E-state index in [4.69, 9.17) is 13.9 Å². The van der Waals surface area contributed by atoms with Crippen LogP contribution in [0.4, 0.5) is 0 Å². The van der Waals surface area contributed by atoms with Crippen molar-refractivity contribution in [1.82, 2.24) is 0 Å². The minimum Gasteiger partial charge on any atom is -0.507 e. The summed E-state index contributed by atoms with van der Waals surface area (Å²) in [7, 11) is 0. The van der Waals surface area contributed by atoms with Crippen LogP contribution in [0, 0.1) is 41.4 Å². The molecule has 1 N–H and O–H groups in total. The summed E-state index contributed by atoms with van der Waals surface area (Å²) in [4.78, 5) is 48.7. The summed E-state index contributed by atoms with van der Waals surface area (Å²) in [6.45, 7) is 14.1. The molecule has 7 atom stereocenters. The van der Waals surface area contributed by atoms with Crippen LogP contribution < -0.4 is 10.2 Å². The minimum atomic E-state index is -0.990. The maximum atomic E-state index is 12.8. The van der Waals surface area contributed by atoms with Crippen molar-refractivity contribution in [2.24, 2.45) is 34.5 Å². The standard InChI is InChI=1S/C24H32O4.C15H16O4/c1-14-12-18-19(22(4)9-6-17(27)13-21(14)22)7-10-23(5)20(18)8-11-24(23,15(2)25)28-16(3)26;1-8-3-4-10-12(18-7-8)6-13-14(15(10)17)11(16)5-9(2)19-13/h12-13,18-20H,6-11H2,1-5H3;5-6,8,17H,3-4,7H2,1-2H3. The third-order valence-electron chi connectivity index (χ3n) is 12.4. The van der Waals surface area contributed by atoms with Crippen molar-refractivity contribution in [3.05, 3.63) is 57.0 Å². The first-order valence-electron chi connectivity index (χ1n) is 17.2. The summed E-state index contributed by atoms with van der Waals surface area (Å²) in [5.41, 5.74) is 2.04. The second-order valence-electron chi connectivity index (χ2n) is 15.3. The molecule has 1 aromatic carbocycles. The van der Waals surface area contributed by atoms with Crippen molar-refractivity contribution < 1.29 is 33.4 Å². The molecule has 0 spiro atoms. The van der Waals surface area contributed by atoms with Gasteiger partial charge in [-0.25, -0.2) is 0 Å². The first-order valence-corrected chi connectivity index (χ1v) is 17.2. The number of fused-ring (bicyclic) bond motifs is 7. The Morgan fingerprint density at radius 1 is 0.979 bits per heavy atom. The second-order valence-corrected chi connectivity index (χ2v) is 15.3. The molecule has 0 amide bonds. The number of hydrogen-bond donors (Lipinski definition) is 1. The van der Waals surface area contributed by atoms with Gasteiger partial charge in [-0.1, -0.05) is 32.4 Å². The smallest absolute Gasteiger partial charge is 0.303 e. The van der Waals surface area contributed by atoms with Gasteiger partial charge in [0.05, 0.1) is 6.61 Å². The predicted molar refractivity (Wildman–Crippen MR) is 178 cm³/mol. The molecule has 47 heavy (non-hydrogen) atoms. The number of Topliss-reactive ketones (excluding diaryl/α,β-unsaturated/α-hetero) is 1. The lowest BCUT2D eigenvalue weighted by molar-refractivity contribution is -0.185. The van der Waals surface area contributed by atoms with Crippen molar-refractivity contribution >= 4 is 28.5 Å². The molecule has 7 rings (SSSR count). The Hall–Kier alpha value is -3.68. The molecule has 5 aliphatic rings. The molecular formula is C39H48O8. The molecule has 0 bridgehead atoms. The normalized spacial score (nSPS) is 34.1. The molecule has 2 saturated carbocycles. The average molecular weight is 645 g/mol. The van der Waals surface area contributed by atoms with Crippen LogP contribution in [0.5, 0.6) is 11.5 Å². The van der Waals surface area contributed by atoms with Crippen LogP contribution >= 0.6 is 0 Å². The van der Waals surface area contributed by atoms with Crippen LogP contribution in [0.25, 0.3) is 11.0 Å². The Morgan fingerprint density at radius 2 is 1.70 bits per heavy atom. The molecule has 0 radical (unpaired) electrons. The van der Waals surface area contributed by atoms with E-state index in [1.54, 1.807) is 19.9 Å². The lowest BCUT2D eigenvalue weighted by Gasteiger charge is -2.58. The molecule has 8 nitrogen and oxygen atoms in total. The third-order valence-corrected chi connectivity index (χ3v) is 12.4. The number of aryl methyl sites for hydroxylation is 1. The molecule has 4 aliphatic carbocycles. The number of phenols is 1. The van der Waals surface area contributed by atoms with Gasteiger partial charge in [0.25, 0.3) is 0 Å². The van der Waals surface area contributed by atoms with Crippen molar-refractivity contribution in [3.8, 4) is 11.5 Å². The zero-order valence-corrected chi connectivity index (χ0v) is 28.8. The van der Waals surface area contributed by atoms with E-state index >= 15 is 0 Å². The second kappa shape index (κ2) is 11.8. The van der Waals surface area contributed by atoms with E-state index in [9.17, 15) is 24.3 Å². The van der Waals surface area contributed by atoms with Gasteiger partial charge in [-0.05, 0) is 106 Å². The molecule has 2 aromatic rings. The zero-order valence-electron chi connectivity index (χ0n) is 28.8. The molecule has 2 heterocycles. The number of esters is 1. The maximum absolute atomic E-state index is 12.8. The van der Waals surface area contributed by atoms with Gasteiger partial charge in [-0.3, -0.25) is 19.2 Å². The van der Waals surface area contributed by atoms with E-state index < -0.39 is 5.60 Å². The van der Waals surface area contributed by atoms with Crippen LogP contribution in [0.1, 0.15) is 97.8 Å². The number of allylic oxidation sites excluding steroid dienone is 4. The van der Waals surface area contributed by atoms with E-state index in [1.807, 2.05) is 6.08 Å². The number of hydrogen-bond acceptors (Lipinski definition) is 8. The SMILES string of the molecule is CC(=O)OC1(C(C)=O)CCC2C3C=C(C)C4=CC(=O)CCC4(C)C3CCC21C.Cc1cc(=O)c2c(O)c3c(cc2o1)OCC(C)CC3.